The zero-order valence-corrected chi connectivity index (χ0v) is 12.0. The Morgan fingerprint density at radius 3 is 1.83 bits per heavy atom. The Bertz CT molecular complexity index is 894. The predicted octanol–water partition coefficient (Wildman–Crippen LogP) is 5.84. The molecular weight excluding hydrogens is 327 g/mol. The molecule has 3 aromatic carbocycles. The maximum atomic E-state index is 14.2. The first kappa shape index (κ1) is 16.0. The SMILES string of the molecule is Fc1ccccc1-c1c(F)c(F)c(F)c(F)c1Oc1ccccc1. The summed E-state index contributed by atoms with van der Waals surface area (Å²) in [6.07, 6.45) is 0. The van der Waals surface area contributed by atoms with Gasteiger partial charge in [-0.15, -0.1) is 0 Å². The van der Waals surface area contributed by atoms with Gasteiger partial charge in [0.15, 0.2) is 17.4 Å². The van der Waals surface area contributed by atoms with Gasteiger partial charge in [-0.3, -0.25) is 0 Å². The van der Waals surface area contributed by atoms with Crippen molar-refractivity contribution in [3.63, 3.8) is 0 Å². The fourth-order valence-electron chi connectivity index (χ4n) is 2.22. The number of benzene rings is 3. The van der Waals surface area contributed by atoms with Gasteiger partial charge < -0.3 is 4.74 Å². The Hall–Kier alpha value is -2.89. The average Bonchev–Trinajstić information content (AvgIpc) is 2.60. The molecule has 6 heteroatoms. The summed E-state index contributed by atoms with van der Waals surface area (Å²) in [6, 6.07) is 12.3. The van der Waals surface area contributed by atoms with Gasteiger partial charge >= 0.3 is 0 Å². The van der Waals surface area contributed by atoms with Crippen LogP contribution in [0.5, 0.6) is 11.5 Å². The molecule has 3 aromatic rings. The van der Waals surface area contributed by atoms with E-state index >= 15 is 0 Å². The van der Waals surface area contributed by atoms with Crippen molar-refractivity contribution in [3.05, 3.63) is 83.7 Å². The van der Waals surface area contributed by atoms with Gasteiger partial charge in [-0.25, -0.2) is 17.6 Å². The average molecular weight is 336 g/mol. The van der Waals surface area contributed by atoms with Gasteiger partial charge in [0.1, 0.15) is 11.6 Å². The Morgan fingerprint density at radius 2 is 1.17 bits per heavy atom. The van der Waals surface area contributed by atoms with Crippen LogP contribution in [0, 0.1) is 29.1 Å². The molecule has 0 unspecified atom stereocenters. The molecule has 0 saturated heterocycles. The standard InChI is InChI=1S/C18H9F5O/c19-12-9-5-4-8-11(12)13-14(20)15(21)16(22)17(23)18(13)24-10-6-2-1-3-7-10/h1-9H. The first-order valence-electron chi connectivity index (χ1n) is 6.84. The van der Waals surface area contributed by atoms with Gasteiger partial charge in [0.25, 0.3) is 0 Å². The molecule has 1 nitrogen and oxygen atoms in total. The minimum atomic E-state index is -2.04. The molecule has 24 heavy (non-hydrogen) atoms. The molecule has 0 aliphatic carbocycles. The van der Waals surface area contributed by atoms with E-state index in [0.29, 0.717) is 0 Å². The monoisotopic (exact) mass is 336 g/mol. The summed E-state index contributed by atoms with van der Waals surface area (Å²) >= 11 is 0. The van der Waals surface area contributed by atoms with Crippen LogP contribution in [0.4, 0.5) is 22.0 Å². The molecule has 0 atom stereocenters. The second kappa shape index (κ2) is 6.31. The molecule has 0 aliphatic heterocycles. The molecule has 122 valence electrons. The molecule has 0 fully saturated rings. The van der Waals surface area contributed by atoms with Crippen LogP contribution >= 0.6 is 0 Å². The lowest BCUT2D eigenvalue weighted by atomic mass is 10.0. The molecule has 0 spiro atoms. The van der Waals surface area contributed by atoms with Crippen molar-refractivity contribution in [2.45, 2.75) is 0 Å². The van der Waals surface area contributed by atoms with E-state index in [0.717, 1.165) is 12.1 Å². The van der Waals surface area contributed by atoms with E-state index in [-0.39, 0.29) is 5.75 Å². The molecule has 0 aliphatic rings. The van der Waals surface area contributed by atoms with Crippen LogP contribution in [0.15, 0.2) is 54.6 Å². The maximum absolute atomic E-state index is 14.2. The third-order valence-corrected chi connectivity index (χ3v) is 3.33. The van der Waals surface area contributed by atoms with Crippen LogP contribution in [0.2, 0.25) is 0 Å². The summed E-state index contributed by atoms with van der Waals surface area (Å²) in [5, 5.41) is 0. The predicted molar refractivity (Wildman–Crippen MR) is 78.2 cm³/mol. The fourth-order valence-corrected chi connectivity index (χ4v) is 2.22. The number of halogens is 5. The lowest BCUT2D eigenvalue weighted by Crippen LogP contribution is -2.04. The van der Waals surface area contributed by atoms with E-state index in [1.807, 2.05) is 0 Å². The summed E-state index contributed by atoms with van der Waals surface area (Å²) in [6.45, 7) is 0. The van der Waals surface area contributed by atoms with E-state index < -0.39 is 46.0 Å². The zero-order chi connectivity index (χ0) is 17.3. The third-order valence-electron chi connectivity index (χ3n) is 3.33. The van der Waals surface area contributed by atoms with E-state index in [1.54, 1.807) is 18.2 Å². The highest BCUT2D eigenvalue weighted by Gasteiger charge is 2.29. The van der Waals surface area contributed by atoms with Gasteiger partial charge in [-0.2, -0.15) is 4.39 Å². The summed E-state index contributed by atoms with van der Waals surface area (Å²) in [4.78, 5) is 0. The molecule has 0 aromatic heterocycles. The van der Waals surface area contributed by atoms with Crippen LogP contribution < -0.4 is 4.74 Å². The second-order valence-electron chi connectivity index (χ2n) is 4.86. The highest BCUT2D eigenvalue weighted by molar-refractivity contribution is 5.72. The molecule has 0 amide bonds. The molecule has 0 heterocycles. The van der Waals surface area contributed by atoms with E-state index in [1.165, 1.54) is 24.3 Å². The van der Waals surface area contributed by atoms with Gasteiger partial charge in [0, 0.05) is 5.56 Å². The second-order valence-corrected chi connectivity index (χ2v) is 4.86. The Kier molecular flexibility index (Phi) is 4.20. The minimum Gasteiger partial charge on any atom is -0.453 e. The number of hydrogen-bond donors (Lipinski definition) is 0. The number of rotatable bonds is 3. The number of hydrogen-bond acceptors (Lipinski definition) is 1. The first-order chi connectivity index (χ1) is 11.5. The molecule has 0 radical (unpaired) electrons. The number of para-hydroxylation sites is 1. The molecule has 0 bridgehead atoms. The molecule has 0 N–H and O–H groups in total. The van der Waals surface area contributed by atoms with Crippen LogP contribution in [0.25, 0.3) is 11.1 Å². The van der Waals surface area contributed by atoms with E-state index in [9.17, 15) is 22.0 Å². The van der Waals surface area contributed by atoms with Crippen molar-refractivity contribution >= 4 is 0 Å². The zero-order valence-electron chi connectivity index (χ0n) is 12.0. The molecule has 0 saturated carbocycles. The topological polar surface area (TPSA) is 9.23 Å². The van der Waals surface area contributed by atoms with Crippen molar-refractivity contribution in [1.82, 2.24) is 0 Å². The Labute approximate surface area is 133 Å². The van der Waals surface area contributed by atoms with E-state index in [4.69, 9.17) is 4.74 Å². The normalized spacial score (nSPS) is 10.7. The largest absolute Gasteiger partial charge is 0.453 e. The summed E-state index contributed by atoms with van der Waals surface area (Å²) < 4.78 is 74.8. The third kappa shape index (κ3) is 2.71. The van der Waals surface area contributed by atoms with Crippen LogP contribution in [0.1, 0.15) is 0 Å². The van der Waals surface area contributed by atoms with Gasteiger partial charge in [-0.1, -0.05) is 36.4 Å². The minimum absolute atomic E-state index is 0.0550. The molecule has 3 rings (SSSR count). The first-order valence-corrected chi connectivity index (χ1v) is 6.84. The van der Waals surface area contributed by atoms with Crippen molar-refractivity contribution in [3.8, 4) is 22.6 Å². The van der Waals surface area contributed by atoms with Crippen LogP contribution in [-0.4, -0.2) is 0 Å². The maximum Gasteiger partial charge on any atom is 0.205 e. The van der Waals surface area contributed by atoms with Gasteiger partial charge in [-0.05, 0) is 18.2 Å². The van der Waals surface area contributed by atoms with Crippen molar-refractivity contribution in [2.75, 3.05) is 0 Å². The summed E-state index contributed by atoms with van der Waals surface area (Å²) in [5.74, 6) is -9.34. The fraction of sp³-hybridized carbons (Fsp3) is 0. The van der Waals surface area contributed by atoms with Crippen molar-refractivity contribution in [2.24, 2.45) is 0 Å². The highest BCUT2D eigenvalue weighted by atomic mass is 19.2. The van der Waals surface area contributed by atoms with Crippen LogP contribution in [-0.2, 0) is 0 Å². The highest BCUT2D eigenvalue weighted by Crippen LogP contribution is 2.41. The van der Waals surface area contributed by atoms with Crippen LogP contribution in [0.3, 0.4) is 0 Å². The van der Waals surface area contributed by atoms with E-state index in [2.05, 4.69) is 0 Å². The Balaban J connectivity index is 2.29. The quantitative estimate of drug-likeness (QED) is 0.332. The lowest BCUT2D eigenvalue weighted by molar-refractivity contribution is 0.373. The summed E-state index contributed by atoms with van der Waals surface area (Å²) in [7, 11) is 0. The number of ether oxygens (including phenoxy) is 1. The smallest absolute Gasteiger partial charge is 0.205 e. The Morgan fingerprint density at radius 1 is 0.583 bits per heavy atom. The van der Waals surface area contributed by atoms with Crippen molar-refractivity contribution in [1.29, 1.82) is 0 Å². The molecular formula is C18H9F5O. The van der Waals surface area contributed by atoms with Gasteiger partial charge in [0.2, 0.25) is 11.6 Å². The van der Waals surface area contributed by atoms with Gasteiger partial charge in [0.05, 0.1) is 5.56 Å². The lowest BCUT2D eigenvalue weighted by Gasteiger charge is -2.15. The summed E-state index contributed by atoms with van der Waals surface area (Å²) in [5.41, 5.74) is -1.27. The van der Waals surface area contributed by atoms with Crippen molar-refractivity contribution < 1.29 is 26.7 Å².